The molecule has 0 unspecified atom stereocenters. The van der Waals surface area contributed by atoms with Gasteiger partial charge < -0.3 is 33.5 Å². The van der Waals surface area contributed by atoms with Crippen molar-refractivity contribution in [2.24, 2.45) is 5.16 Å². The zero-order valence-corrected chi connectivity index (χ0v) is 20.4. The fourth-order valence-electron chi connectivity index (χ4n) is 2.84. The van der Waals surface area contributed by atoms with Crippen molar-refractivity contribution in [1.29, 1.82) is 0 Å². The summed E-state index contributed by atoms with van der Waals surface area (Å²) in [6.45, 7) is 1.84. The van der Waals surface area contributed by atoms with Gasteiger partial charge in [-0.3, -0.25) is 4.79 Å². The molecule has 3 aromatic rings. The number of aryl methyl sites for hydroxylation is 1. The number of hydrogen-bond donors (Lipinski definition) is 0. The van der Waals surface area contributed by atoms with E-state index in [1.165, 1.54) is 13.2 Å². The van der Waals surface area contributed by atoms with E-state index in [1.807, 2.05) is 6.92 Å². The van der Waals surface area contributed by atoms with Gasteiger partial charge >= 0.3 is 59.1 Å². The molecule has 9 nitrogen and oxygen atoms in total. The Morgan fingerprint density at radius 2 is 1.55 bits per heavy atom. The summed E-state index contributed by atoms with van der Waals surface area (Å²) in [5.74, 6) is -4.36. The molecular weight excluding hydrogens is 404 g/mol. The van der Waals surface area contributed by atoms with Crippen LogP contribution in [0.4, 0.5) is 0 Å². The van der Waals surface area contributed by atoms with Gasteiger partial charge in [0.1, 0.15) is 35.6 Å². The molecule has 2 aromatic heterocycles. The first-order valence-electron chi connectivity index (χ1n) is 7.94. The summed E-state index contributed by atoms with van der Waals surface area (Å²) in [6.07, 6.45) is 0.898. The smallest absolute Gasteiger partial charge is 0.542 e. The van der Waals surface area contributed by atoms with Crippen molar-refractivity contribution in [2.75, 3.05) is 7.11 Å². The number of benzene rings is 1. The van der Waals surface area contributed by atoms with Gasteiger partial charge in [-0.05, 0) is 12.5 Å². The van der Waals surface area contributed by atoms with Gasteiger partial charge in [0.25, 0.3) is 0 Å². The summed E-state index contributed by atoms with van der Waals surface area (Å²) >= 11 is 0. The Balaban J connectivity index is 0.00000210. The minimum Gasteiger partial charge on any atom is -0.542 e. The molecule has 0 spiro atoms. The van der Waals surface area contributed by atoms with E-state index in [0.29, 0.717) is 23.8 Å². The molecule has 2 heterocycles. The number of hydrogen-bond acceptors (Lipinski definition) is 9. The van der Waals surface area contributed by atoms with Crippen LogP contribution in [0.3, 0.4) is 0 Å². The zero-order chi connectivity index (χ0) is 19.7. The Morgan fingerprint density at radius 3 is 2.07 bits per heavy atom. The average Bonchev–Trinajstić information content (AvgIpc) is 2.62. The normalized spacial score (nSPS) is 11.0. The fraction of sp³-hybridized carbons (Fsp3) is 0.222. The van der Waals surface area contributed by atoms with E-state index < -0.39 is 28.9 Å². The molecular formula is C18H13NNa2O8. The largest absolute Gasteiger partial charge is 1.00 e. The van der Waals surface area contributed by atoms with Crippen molar-refractivity contribution in [2.45, 2.75) is 19.8 Å². The molecule has 0 bridgehead atoms. The van der Waals surface area contributed by atoms with E-state index in [0.717, 1.165) is 12.1 Å². The Labute approximate surface area is 207 Å². The second kappa shape index (κ2) is 10.4. The molecule has 0 saturated heterocycles. The Bertz CT molecular complexity index is 1210. The first-order chi connectivity index (χ1) is 12.9. The van der Waals surface area contributed by atoms with Gasteiger partial charge in [0.05, 0.1) is 5.39 Å². The van der Waals surface area contributed by atoms with Gasteiger partial charge in [0.2, 0.25) is 0 Å². The molecule has 140 valence electrons. The minimum absolute atomic E-state index is 0. The zero-order valence-electron chi connectivity index (χ0n) is 16.4. The standard InChI is InChI=1S/C18H15NO8.2Na/c1-3-4-8-15-9(11(19-25-2)6-13(26-15)17(21)22)5-10-12(20)7-14(18(23)24)27-16(8)10;;/h5-7H,3-4H2,1-2H3,(H,21,22)(H,23,24);;/q;2*+1/p-2. The number of nitrogens with zero attached hydrogens (tertiary/aromatic N) is 1. The number of carboxylic acids is 2. The maximum atomic E-state index is 12.4. The van der Waals surface area contributed by atoms with Crippen LogP contribution in [0.15, 0.2) is 37.0 Å². The summed E-state index contributed by atoms with van der Waals surface area (Å²) in [5, 5.41) is 26.7. The maximum Gasteiger partial charge on any atom is 1.00 e. The van der Waals surface area contributed by atoms with Crippen LogP contribution in [-0.2, 0) is 11.3 Å². The number of aromatic carboxylic acids is 2. The molecule has 3 rings (SSSR count). The molecule has 0 N–H and O–H groups in total. The van der Waals surface area contributed by atoms with E-state index in [1.54, 1.807) is 0 Å². The van der Waals surface area contributed by atoms with Gasteiger partial charge in [0.15, 0.2) is 16.9 Å². The molecule has 29 heavy (non-hydrogen) atoms. The topological polar surface area (TPSA) is 145 Å². The van der Waals surface area contributed by atoms with Crippen molar-refractivity contribution in [3.8, 4) is 0 Å². The minimum atomic E-state index is -1.65. The molecule has 0 fully saturated rings. The van der Waals surface area contributed by atoms with Crippen molar-refractivity contribution in [1.82, 2.24) is 0 Å². The first kappa shape index (κ1) is 25.4. The van der Waals surface area contributed by atoms with Crippen LogP contribution in [0.25, 0.3) is 21.9 Å². The molecule has 0 atom stereocenters. The summed E-state index contributed by atoms with van der Waals surface area (Å²) in [5.41, 5.74) is -0.193. The van der Waals surface area contributed by atoms with Crippen molar-refractivity contribution >= 4 is 33.9 Å². The molecule has 0 amide bonds. The number of carbonyl (C=O) groups is 2. The van der Waals surface area contributed by atoms with Crippen LogP contribution in [0.2, 0.25) is 0 Å². The Hall–Kier alpha value is -1.62. The predicted octanol–water partition coefficient (Wildman–Crippen LogP) is -6.31. The number of carbonyl (C=O) groups excluding carboxylic acids is 2. The number of fused-ring (bicyclic) bond motifs is 2. The van der Waals surface area contributed by atoms with E-state index in [-0.39, 0.29) is 81.0 Å². The second-order valence-corrected chi connectivity index (χ2v) is 5.68. The van der Waals surface area contributed by atoms with Gasteiger partial charge in [-0.15, -0.1) is 0 Å². The summed E-state index contributed by atoms with van der Waals surface area (Å²) < 4.78 is 10.8. The average molecular weight is 417 g/mol. The first-order valence-corrected chi connectivity index (χ1v) is 7.94. The Kier molecular flexibility index (Phi) is 9.13. The maximum absolute atomic E-state index is 12.4. The predicted molar refractivity (Wildman–Crippen MR) is 87.5 cm³/mol. The summed E-state index contributed by atoms with van der Waals surface area (Å²) in [6, 6.07) is 3.31. The van der Waals surface area contributed by atoms with Gasteiger partial charge in [0, 0.05) is 23.1 Å². The summed E-state index contributed by atoms with van der Waals surface area (Å²) in [7, 11) is 1.28. The van der Waals surface area contributed by atoms with Crippen molar-refractivity contribution in [3.05, 3.63) is 50.9 Å². The van der Waals surface area contributed by atoms with E-state index in [2.05, 4.69) is 5.16 Å². The molecule has 1 aromatic carbocycles. The van der Waals surface area contributed by atoms with Crippen LogP contribution in [0.1, 0.15) is 40.0 Å². The van der Waals surface area contributed by atoms with Crippen molar-refractivity contribution in [3.63, 3.8) is 0 Å². The van der Waals surface area contributed by atoms with E-state index in [4.69, 9.17) is 13.7 Å². The third-order valence-corrected chi connectivity index (χ3v) is 3.91. The van der Waals surface area contributed by atoms with Gasteiger partial charge in [-0.2, -0.15) is 0 Å². The van der Waals surface area contributed by atoms with Crippen molar-refractivity contribution < 1.29 is 92.6 Å². The SMILES string of the molecule is CCCc1c2oc(C(=O)[O-])cc(=O)c2cc2c(=NOC)cc(C(=O)[O-])oc12.[Na+].[Na+]. The second-order valence-electron chi connectivity index (χ2n) is 5.68. The molecule has 0 radical (unpaired) electrons. The van der Waals surface area contributed by atoms with Crippen LogP contribution in [-0.4, -0.2) is 19.0 Å². The quantitative estimate of drug-likeness (QED) is 0.226. The van der Waals surface area contributed by atoms with Crippen LogP contribution >= 0.6 is 0 Å². The number of carboxylic acid groups (broad SMARTS) is 2. The molecule has 0 aliphatic heterocycles. The van der Waals surface area contributed by atoms with Crippen LogP contribution in [0.5, 0.6) is 0 Å². The molecule has 11 heteroatoms. The van der Waals surface area contributed by atoms with E-state index in [9.17, 15) is 24.6 Å². The molecule has 0 aliphatic carbocycles. The van der Waals surface area contributed by atoms with Crippen LogP contribution < -0.4 is 80.1 Å². The third-order valence-electron chi connectivity index (χ3n) is 3.91. The van der Waals surface area contributed by atoms with Gasteiger partial charge in [-0.25, -0.2) is 0 Å². The third kappa shape index (κ3) is 4.93. The monoisotopic (exact) mass is 417 g/mol. The van der Waals surface area contributed by atoms with Gasteiger partial charge in [-0.1, -0.05) is 18.5 Å². The summed E-state index contributed by atoms with van der Waals surface area (Å²) in [4.78, 5) is 39.6. The molecule has 0 aliphatic rings. The molecule has 0 saturated carbocycles. The van der Waals surface area contributed by atoms with E-state index >= 15 is 0 Å². The fourth-order valence-corrected chi connectivity index (χ4v) is 2.84. The Morgan fingerprint density at radius 1 is 1.00 bits per heavy atom. The number of rotatable bonds is 5. The van der Waals surface area contributed by atoms with Crippen LogP contribution in [0, 0.1) is 0 Å².